The highest BCUT2D eigenvalue weighted by molar-refractivity contribution is 7.86. The first kappa shape index (κ1) is 30.0. The molecule has 0 saturated heterocycles. The molecule has 0 aliphatic carbocycles. The van der Waals surface area contributed by atoms with E-state index in [0.717, 1.165) is 18.1 Å². The molecule has 0 fully saturated rings. The van der Waals surface area contributed by atoms with Gasteiger partial charge in [-0.1, -0.05) is 6.92 Å². The predicted octanol–water partition coefficient (Wildman–Crippen LogP) is 2.82. The highest BCUT2D eigenvalue weighted by atomic mass is 32.2. The first-order valence-electron chi connectivity index (χ1n) is 12.8. The molecule has 15 heteroatoms. The number of hydrogen-bond donors (Lipinski definition) is 0. The van der Waals surface area contributed by atoms with Crippen LogP contribution in [0.3, 0.4) is 0 Å². The lowest BCUT2D eigenvalue weighted by Crippen LogP contribution is -2.28. The van der Waals surface area contributed by atoms with Crippen LogP contribution in [0.25, 0.3) is 22.9 Å². The van der Waals surface area contributed by atoms with Crippen LogP contribution in [0.4, 0.5) is 0 Å². The minimum absolute atomic E-state index is 0.0695. The fourth-order valence-corrected chi connectivity index (χ4v) is 5.19. The van der Waals surface area contributed by atoms with Crippen molar-refractivity contribution < 1.29 is 34.7 Å². The van der Waals surface area contributed by atoms with Gasteiger partial charge < -0.3 is 14.0 Å². The second-order valence-corrected chi connectivity index (χ2v) is 13.5. The third kappa shape index (κ3) is 7.80. The van der Waals surface area contributed by atoms with E-state index in [-0.39, 0.29) is 31.6 Å². The average molecular weight is 598 g/mol. The Balaban J connectivity index is 1.58. The Bertz CT molecular complexity index is 1560. The summed E-state index contributed by atoms with van der Waals surface area (Å²) in [6.07, 6.45) is 3.46. The Morgan fingerprint density at radius 2 is 1.70 bits per heavy atom. The van der Waals surface area contributed by atoms with E-state index in [9.17, 15) is 16.8 Å². The van der Waals surface area contributed by atoms with E-state index in [1.54, 1.807) is 19.1 Å². The van der Waals surface area contributed by atoms with Crippen LogP contribution in [-0.2, 0) is 35.1 Å². The lowest BCUT2D eigenvalue weighted by Gasteiger charge is -2.22. The van der Waals surface area contributed by atoms with Crippen molar-refractivity contribution in [3.63, 3.8) is 0 Å². The van der Waals surface area contributed by atoms with Gasteiger partial charge in [-0.2, -0.15) is 21.9 Å². The smallest absolute Gasteiger partial charge is 0.264 e. The van der Waals surface area contributed by atoms with Gasteiger partial charge in [0.25, 0.3) is 20.2 Å². The van der Waals surface area contributed by atoms with Crippen molar-refractivity contribution >= 4 is 20.2 Å². The van der Waals surface area contributed by atoms with E-state index in [2.05, 4.69) is 10.1 Å². The van der Waals surface area contributed by atoms with Crippen LogP contribution in [0.5, 0.6) is 11.5 Å². The fourth-order valence-electron chi connectivity index (χ4n) is 4.31. The van der Waals surface area contributed by atoms with Gasteiger partial charge in [0, 0.05) is 18.3 Å². The first-order chi connectivity index (χ1) is 18.7. The van der Waals surface area contributed by atoms with E-state index in [1.807, 2.05) is 42.3 Å². The Hall–Kier alpha value is -3.01. The topological polar surface area (TPSA) is 154 Å². The van der Waals surface area contributed by atoms with Crippen LogP contribution < -0.4 is 9.47 Å². The van der Waals surface area contributed by atoms with Gasteiger partial charge in [0.15, 0.2) is 5.82 Å². The third-order valence-electron chi connectivity index (χ3n) is 6.02. The zero-order chi connectivity index (χ0) is 29.2. The quantitative estimate of drug-likeness (QED) is 0.283. The fraction of sp³-hybridized carbons (Fsp3) is 0.560. The Kier molecular flexibility index (Phi) is 8.87. The predicted molar refractivity (Wildman–Crippen MR) is 147 cm³/mol. The molecular formula is C25H35N5O8S2. The van der Waals surface area contributed by atoms with Gasteiger partial charge in [-0.15, -0.1) is 0 Å². The maximum Gasteiger partial charge on any atom is 0.264 e. The van der Waals surface area contributed by atoms with Crippen LogP contribution in [0, 0.1) is 12.8 Å². The zero-order valence-electron chi connectivity index (χ0n) is 23.4. The van der Waals surface area contributed by atoms with Crippen molar-refractivity contribution in [3.05, 3.63) is 30.2 Å². The van der Waals surface area contributed by atoms with E-state index in [4.69, 9.17) is 22.8 Å². The van der Waals surface area contributed by atoms with Crippen LogP contribution in [0.2, 0.25) is 0 Å². The molecule has 1 aromatic carbocycles. The number of nitrogens with zero attached hydrogens (tertiary/aromatic N) is 5. The van der Waals surface area contributed by atoms with E-state index in [1.165, 1.54) is 0 Å². The Labute approximate surface area is 234 Å². The average Bonchev–Trinajstić information content (AvgIpc) is 3.40. The minimum Gasteiger partial charge on any atom is -0.491 e. The lowest BCUT2D eigenvalue weighted by atomic mass is 10.1. The second kappa shape index (κ2) is 11.8. The highest BCUT2D eigenvalue weighted by Gasteiger charge is 2.24. The summed E-state index contributed by atoms with van der Waals surface area (Å²) >= 11 is 0. The van der Waals surface area contributed by atoms with E-state index >= 15 is 0 Å². The summed E-state index contributed by atoms with van der Waals surface area (Å²) in [6, 6.07) is 5.43. The largest absolute Gasteiger partial charge is 0.491 e. The zero-order valence-corrected chi connectivity index (χ0v) is 25.0. The number of ether oxygens (including phenoxy) is 2. The highest BCUT2D eigenvalue weighted by Crippen LogP contribution is 2.37. The lowest BCUT2D eigenvalue weighted by molar-refractivity contribution is 0.101. The summed E-state index contributed by atoms with van der Waals surface area (Å²) in [5.74, 6) is 2.82. The van der Waals surface area contributed by atoms with Crippen LogP contribution >= 0.6 is 0 Å². The molecule has 220 valence electrons. The summed E-state index contributed by atoms with van der Waals surface area (Å²) < 4.78 is 71.8. The summed E-state index contributed by atoms with van der Waals surface area (Å²) in [4.78, 5) is 9.46. The molecular weight excluding hydrogens is 562 g/mol. The van der Waals surface area contributed by atoms with Crippen LogP contribution in [-0.4, -0.2) is 79.6 Å². The third-order valence-corrected chi connectivity index (χ3v) is 7.15. The number of hydrogen-bond acceptors (Lipinski definition) is 11. The Morgan fingerprint density at radius 1 is 1.00 bits per heavy atom. The minimum atomic E-state index is -3.72. The molecule has 0 bridgehead atoms. The maximum absolute atomic E-state index is 11.6. The standard InChI is InChI=1S/C25H35N5O8S2/c1-16(2)30-25(26-18(4)28-30)22-13-29-9-10-35-23-12-19(7-8-21(23)24(29)27-22)38-20(15-37-40(6,33)34)11-17(3)14-36-39(5,31)32/h7-8,12-13,16-17,20H,9-11,14-15H2,1-6H3. The van der Waals surface area contributed by atoms with Gasteiger partial charge in [-0.3, -0.25) is 8.37 Å². The summed E-state index contributed by atoms with van der Waals surface area (Å²) in [6.45, 7) is 8.36. The van der Waals surface area contributed by atoms with E-state index in [0.29, 0.717) is 47.8 Å². The normalized spacial score (nSPS) is 15.2. The number of aromatic nitrogens is 5. The van der Waals surface area contributed by atoms with Crippen LogP contribution in [0.15, 0.2) is 24.4 Å². The van der Waals surface area contributed by atoms with Crippen molar-refractivity contribution in [3.8, 4) is 34.4 Å². The SMILES string of the molecule is Cc1nc(-c2cn3c(n2)-c2ccc(OC(COS(C)(=O)=O)CC(C)COS(C)(=O)=O)cc2OCC3)n(C(C)C)n1. The maximum atomic E-state index is 11.6. The van der Waals surface area contributed by atoms with Crippen molar-refractivity contribution in [2.24, 2.45) is 5.92 Å². The number of benzene rings is 1. The van der Waals surface area contributed by atoms with E-state index < -0.39 is 26.3 Å². The number of imidazole rings is 1. The van der Waals surface area contributed by atoms with Gasteiger partial charge >= 0.3 is 0 Å². The molecule has 13 nitrogen and oxygen atoms in total. The number of fused-ring (bicyclic) bond motifs is 3. The van der Waals surface area contributed by atoms with Crippen molar-refractivity contribution in [2.75, 3.05) is 32.3 Å². The van der Waals surface area contributed by atoms with Gasteiger partial charge in [0.05, 0.1) is 31.2 Å². The van der Waals surface area contributed by atoms with Gasteiger partial charge in [-0.05, 0) is 45.2 Å². The molecule has 2 aromatic heterocycles. The second-order valence-electron chi connectivity index (χ2n) is 10.2. The first-order valence-corrected chi connectivity index (χ1v) is 16.4. The molecule has 1 aliphatic rings. The molecule has 2 atom stereocenters. The van der Waals surface area contributed by atoms with Gasteiger partial charge in [-0.25, -0.2) is 14.6 Å². The number of rotatable bonds is 12. The molecule has 0 spiro atoms. The van der Waals surface area contributed by atoms with Crippen molar-refractivity contribution in [1.29, 1.82) is 0 Å². The summed E-state index contributed by atoms with van der Waals surface area (Å²) in [5.41, 5.74) is 1.48. The molecule has 3 aromatic rings. The Morgan fingerprint density at radius 3 is 2.38 bits per heavy atom. The number of aryl methyl sites for hydroxylation is 1. The van der Waals surface area contributed by atoms with Crippen molar-refractivity contribution in [2.45, 2.75) is 52.8 Å². The molecule has 1 aliphatic heterocycles. The van der Waals surface area contributed by atoms with Crippen LogP contribution in [0.1, 0.15) is 39.1 Å². The molecule has 4 rings (SSSR count). The molecule has 2 unspecified atom stereocenters. The monoisotopic (exact) mass is 597 g/mol. The molecule has 3 heterocycles. The van der Waals surface area contributed by atoms with Gasteiger partial charge in [0.2, 0.25) is 0 Å². The molecule has 0 saturated carbocycles. The summed E-state index contributed by atoms with van der Waals surface area (Å²) in [7, 11) is -7.33. The molecule has 0 N–H and O–H groups in total. The molecule has 40 heavy (non-hydrogen) atoms. The molecule has 0 amide bonds. The van der Waals surface area contributed by atoms with Gasteiger partial charge in [0.1, 0.15) is 48.2 Å². The van der Waals surface area contributed by atoms with Crippen molar-refractivity contribution in [1.82, 2.24) is 24.3 Å². The summed E-state index contributed by atoms with van der Waals surface area (Å²) in [5, 5.41) is 4.50. The molecule has 0 radical (unpaired) electrons.